The van der Waals surface area contributed by atoms with Gasteiger partial charge in [0, 0.05) is 6.04 Å². The zero-order chi connectivity index (χ0) is 13.1. The number of furan rings is 1. The summed E-state index contributed by atoms with van der Waals surface area (Å²) in [6.07, 6.45) is 1.94. The van der Waals surface area contributed by atoms with Gasteiger partial charge in [-0.1, -0.05) is 0 Å². The number of hydrogen-bond donors (Lipinski definition) is 3. The summed E-state index contributed by atoms with van der Waals surface area (Å²) in [7, 11) is 0. The van der Waals surface area contributed by atoms with E-state index in [1.54, 1.807) is 0 Å². The monoisotopic (exact) mass is 252 g/mol. The number of nitrogens with one attached hydrogen (secondary N) is 2. The Morgan fingerprint density at radius 3 is 2.50 bits per heavy atom. The van der Waals surface area contributed by atoms with Gasteiger partial charge in [0.1, 0.15) is 0 Å². The summed E-state index contributed by atoms with van der Waals surface area (Å²) >= 11 is 0. The minimum Gasteiger partial charge on any atom is -0.475 e. The summed E-state index contributed by atoms with van der Waals surface area (Å²) < 4.78 is 4.79. The van der Waals surface area contributed by atoms with Gasteiger partial charge < -0.3 is 20.2 Å². The first-order valence-corrected chi connectivity index (χ1v) is 5.47. The first-order chi connectivity index (χ1) is 8.56. The molecule has 0 atom stereocenters. The van der Waals surface area contributed by atoms with Gasteiger partial charge in [-0.3, -0.25) is 9.59 Å². The molecule has 96 valence electrons. The smallest absolute Gasteiger partial charge is 0.371 e. The van der Waals surface area contributed by atoms with Gasteiger partial charge in [0.15, 0.2) is 5.76 Å². The molecule has 1 heterocycles. The Hall–Kier alpha value is -2.31. The molecule has 0 unspecified atom stereocenters. The molecule has 0 radical (unpaired) electrons. The Morgan fingerprint density at radius 2 is 1.94 bits per heavy atom. The zero-order valence-electron chi connectivity index (χ0n) is 9.43. The first-order valence-electron chi connectivity index (χ1n) is 5.47. The van der Waals surface area contributed by atoms with Crippen molar-refractivity contribution in [2.24, 2.45) is 0 Å². The molecule has 3 N–H and O–H groups in total. The molecule has 1 aliphatic carbocycles. The van der Waals surface area contributed by atoms with Gasteiger partial charge in [0.2, 0.25) is 11.7 Å². The summed E-state index contributed by atoms with van der Waals surface area (Å²) in [4.78, 5) is 33.3. The lowest BCUT2D eigenvalue weighted by Gasteiger charge is -2.03. The van der Waals surface area contributed by atoms with Crippen LogP contribution in [0.25, 0.3) is 0 Å². The SMILES string of the molecule is O=C(CNC(=O)c1ccc(C(=O)O)o1)NC1CC1. The molecule has 2 rings (SSSR count). The zero-order valence-corrected chi connectivity index (χ0v) is 9.43. The van der Waals surface area contributed by atoms with Gasteiger partial charge in [-0.05, 0) is 25.0 Å². The number of carboxylic acids is 1. The highest BCUT2D eigenvalue weighted by atomic mass is 16.4. The third-order valence-electron chi connectivity index (χ3n) is 2.39. The average molecular weight is 252 g/mol. The van der Waals surface area contributed by atoms with Gasteiger partial charge >= 0.3 is 5.97 Å². The number of aromatic carboxylic acids is 1. The highest BCUT2D eigenvalue weighted by Gasteiger charge is 2.23. The maximum atomic E-state index is 11.5. The summed E-state index contributed by atoms with van der Waals surface area (Å²) in [5, 5.41) is 13.7. The maximum Gasteiger partial charge on any atom is 0.371 e. The Bertz CT molecular complexity index is 489. The van der Waals surface area contributed by atoms with Crippen molar-refractivity contribution in [1.29, 1.82) is 0 Å². The number of amides is 2. The fourth-order valence-corrected chi connectivity index (χ4v) is 1.33. The molecule has 1 fully saturated rings. The van der Waals surface area contributed by atoms with Crippen LogP contribution in [0.1, 0.15) is 34.0 Å². The van der Waals surface area contributed by atoms with Crippen LogP contribution in [0.4, 0.5) is 0 Å². The number of carbonyl (C=O) groups is 3. The van der Waals surface area contributed by atoms with Crippen LogP contribution in [0, 0.1) is 0 Å². The standard InChI is InChI=1S/C11H12N2O5/c14-9(13-6-1-2-6)5-12-10(15)7-3-4-8(18-7)11(16)17/h3-4,6H,1-2,5H2,(H,12,15)(H,13,14)(H,16,17). The summed E-state index contributed by atoms with van der Waals surface area (Å²) in [6.45, 7) is -0.154. The van der Waals surface area contributed by atoms with Crippen molar-refractivity contribution in [3.8, 4) is 0 Å². The van der Waals surface area contributed by atoms with Crippen molar-refractivity contribution < 1.29 is 23.9 Å². The van der Waals surface area contributed by atoms with Crippen LogP contribution in [0.15, 0.2) is 16.5 Å². The van der Waals surface area contributed by atoms with Gasteiger partial charge in [0.05, 0.1) is 6.54 Å². The summed E-state index contributed by atoms with van der Waals surface area (Å²) in [5.41, 5.74) is 0. The topological polar surface area (TPSA) is 109 Å². The Morgan fingerprint density at radius 1 is 1.28 bits per heavy atom. The predicted octanol–water partition coefficient (Wildman–Crippen LogP) is -0.0138. The van der Waals surface area contributed by atoms with Crippen LogP contribution >= 0.6 is 0 Å². The van der Waals surface area contributed by atoms with Crippen LogP contribution < -0.4 is 10.6 Å². The molecule has 7 heteroatoms. The number of carbonyl (C=O) groups excluding carboxylic acids is 2. The van der Waals surface area contributed by atoms with E-state index in [-0.39, 0.29) is 30.0 Å². The molecule has 0 aromatic carbocycles. The molecule has 1 aliphatic rings. The largest absolute Gasteiger partial charge is 0.475 e. The quantitative estimate of drug-likeness (QED) is 0.682. The van der Waals surface area contributed by atoms with E-state index >= 15 is 0 Å². The number of carboxylic acid groups (broad SMARTS) is 1. The van der Waals surface area contributed by atoms with E-state index in [9.17, 15) is 14.4 Å². The van der Waals surface area contributed by atoms with E-state index in [1.165, 1.54) is 12.1 Å². The van der Waals surface area contributed by atoms with E-state index in [0.717, 1.165) is 12.8 Å². The molecule has 7 nitrogen and oxygen atoms in total. The maximum absolute atomic E-state index is 11.5. The number of rotatable bonds is 5. The van der Waals surface area contributed by atoms with Crippen LogP contribution in [0.3, 0.4) is 0 Å². The molecule has 0 aliphatic heterocycles. The Balaban J connectivity index is 1.82. The van der Waals surface area contributed by atoms with Gasteiger partial charge in [-0.15, -0.1) is 0 Å². The van der Waals surface area contributed by atoms with Crippen LogP contribution in [-0.2, 0) is 4.79 Å². The molecule has 18 heavy (non-hydrogen) atoms. The second-order valence-electron chi connectivity index (χ2n) is 3.99. The predicted molar refractivity (Wildman–Crippen MR) is 59.2 cm³/mol. The van der Waals surface area contributed by atoms with Crippen molar-refractivity contribution in [2.45, 2.75) is 18.9 Å². The molecule has 1 aromatic heterocycles. The lowest BCUT2D eigenvalue weighted by Crippen LogP contribution is -2.37. The van der Waals surface area contributed by atoms with Gasteiger partial charge in [-0.2, -0.15) is 0 Å². The van der Waals surface area contributed by atoms with Crippen LogP contribution in [-0.4, -0.2) is 35.5 Å². The Labute approximate surface area is 102 Å². The van der Waals surface area contributed by atoms with Crippen molar-refractivity contribution >= 4 is 17.8 Å². The molecule has 2 amide bonds. The molecular weight excluding hydrogens is 240 g/mol. The third kappa shape index (κ3) is 3.09. The highest BCUT2D eigenvalue weighted by Crippen LogP contribution is 2.18. The van der Waals surface area contributed by atoms with Crippen LogP contribution in [0.5, 0.6) is 0 Å². The van der Waals surface area contributed by atoms with Crippen molar-refractivity contribution in [1.82, 2.24) is 10.6 Å². The van der Waals surface area contributed by atoms with E-state index in [1.807, 2.05) is 0 Å². The van der Waals surface area contributed by atoms with Crippen molar-refractivity contribution in [2.75, 3.05) is 6.54 Å². The van der Waals surface area contributed by atoms with Crippen molar-refractivity contribution in [3.63, 3.8) is 0 Å². The minimum atomic E-state index is -1.25. The second kappa shape index (κ2) is 4.91. The first kappa shape index (κ1) is 12.2. The summed E-state index contributed by atoms with van der Waals surface area (Å²) in [5.74, 6) is -2.58. The van der Waals surface area contributed by atoms with Gasteiger partial charge in [-0.25, -0.2) is 4.79 Å². The fraction of sp³-hybridized carbons (Fsp3) is 0.364. The molecule has 0 saturated heterocycles. The molecular formula is C11H12N2O5. The van der Waals surface area contributed by atoms with E-state index in [4.69, 9.17) is 9.52 Å². The number of hydrogen-bond acceptors (Lipinski definition) is 4. The second-order valence-corrected chi connectivity index (χ2v) is 3.99. The van der Waals surface area contributed by atoms with E-state index in [0.29, 0.717) is 0 Å². The normalized spacial score (nSPS) is 14.0. The van der Waals surface area contributed by atoms with Crippen LogP contribution in [0.2, 0.25) is 0 Å². The highest BCUT2D eigenvalue weighted by molar-refractivity contribution is 5.95. The van der Waals surface area contributed by atoms with Gasteiger partial charge in [0.25, 0.3) is 5.91 Å². The average Bonchev–Trinajstić information content (AvgIpc) is 2.98. The van der Waals surface area contributed by atoms with E-state index < -0.39 is 11.9 Å². The molecule has 0 bridgehead atoms. The Kier molecular flexibility index (Phi) is 3.31. The summed E-state index contributed by atoms with van der Waals surface area (Å²) in [6, 6.07) is 2.66. The molecule has 1 saturated carbocycles. The van der Waals surface area contributed by atoms with Crippen molar-refractivity contribution in [3.05, 3.63) is 23.7 Å². The molecule has 1 aromatic rings. The lowest BCUT2D eigenvalue weighted by atomic mass is 10.4. The van der Waals surface area contributed by atoms with E-state index in [2.05, 4.69) is 10.6 Å². The minimum absolute atomic E-state index is 0.133. The fourth-order valence-electron chi connectivity index (χ4n) is 1.33. The molecule has 0 spiro atoms. The third-order valence-corrected chi connectivity index (χ3v) is 2.39. The lowest BCUT2D eigenvalue weighted by molar-refractivity contribution is -0.120.